The molecule has 1 saturated carbocycles. The van der Waals surface area contributed by atoms with Crippen LogP contribution in [0.15, 0.2) is 0 Å². The Balaban J connectivity index is 2.14. The number of hydrogen-bond donors (Lipinski definition) is 2. The summed E-state index contributed by atoms with van der Waals surface area (Å²) in [6, 6.07) is 0.709. The molecule has 0 aliphatic heterocycles. The summed E-state index contributed by atoms with van der Waals surface area (Å²) in [6.45, 7) is 5.15. The fourth-order valence-electron chi connectivity index (χ4n) is 2.49. The lowest BCUT2D eigenvalue weighted by Gasteiger charge is -2.17. The van der Waals surface area contributed by atoms with E-state index in [0.29, 0.717) is 6.04 Å². The van der Waals surface area contributed by atoms with Crippen LogP contribution in [0.1, 0.15) is 58.8 Å². The van der Waals surface area contributed by atoms with E-state index < -0.39 is 0 Å². The van der Waals surface area contributed by atoms with Crippen molar-refractivity contribution in [1.82, 2.24) is 5.32 Å². The second-order valence-corrected chi connectivity index (χ2v) is 5.07. The summed E-state index contributed by atoms with van der Waals surface area (Å²) >= 11 is 0. The Bertz CT molecular complexity index is 159. The fourth-order valence-corrected chi connectivity index (χ4v) is 2.49. The van der Waals surface area contributed by atoms with Gasteiger partial charge in [0.15, 0.2) is 0 Å². The molecule has 15 heavy (non-hydrogen) atoms. The molecule has 1 aliphatic carbocycles. The van der Waals surface area contributed by atoms with Gasteiger partial charge in [-0.25, -0.2) is 0 Å². The molecular weight excluding hydrogens is 186 g/mol. The van der Waals surface area contributed by atoms with E-state index in [0.717, 1.165) is 18.9 Å². The summed E-state index contributed by atoms with van der Waals surface area (Å²) in [6.07, 6.45) is 8.92. The molecule has 3 atom stereocenters. The van der Waals surface area contributed by atoms with Gasteiger partial charge in [0.2, 0.25) is 0 Å². The zero-order valence-corrected chi connectivity index (χ0v) is 10.3. The van der Waals surface area contributed by atoms with Crippen LogP contribution in [-0.2, 0) is 0 Å². The lowest BCUT2D eigenvalue weighted by atomic mass is 9.98. The zero-order valence-electron chi connectivity index (χ0n) is 10.3. The lowest BCUT2D eigenvalue weighted by molar-refractivity contribution is 0.181. The molecule has 3 unspecified atom stereocenters. The van der Waals surface area contributed by atoms with Gasteiger partial charge in [0, 0.05) is 6.04 Å². The first-order valence-electron chi connectivity index (χ1n) is 6.63. The number of nitrogens with one attached hydrogen (secondary N) is 1. The maximum absolute atomic E-state index is 9.18. The van der Waals surface area contributed by atoms with Gasteiger partial charge in [0.05, 0.1) is 6.10 Å². The van der Waals surface area contributed by atoms with Crippen molar-refractivity contribution in [3.05, 3.63) is 0 Å². The van der Waals surface area contributed by atoms with Crippen molar-refractivity contribution < 1.29 is 5.11 Å². The van der Waals surface area contributed by atoms with Gasteiger partial charge in [-0.3, -0.25) is 0 Å². The molecule has 1 aliphatic rings. The maximum Gasteiger partial charge on any atom is 0.0524 e. The normalized spacial score (nSPS) is 29.8. The summed E-state index contributed by atoms with van der Waals surface area (Å²) in [5.74, 6) is 0.966. The molecule has 0 bridgehead atoms. The minimum atomic E-state index is -0.160. The molecule has 0 aromatic rings. The molecule has 2 N–H and O–H groups in total. The first kappa shape index (κ1) is 13.0. The summed E-state index contributed by atoms with van der Waals surface area (Å²) in [5.41, 5.74) is 0. The average molecular weight is 213 g/mol. The molecule has 2 heteroatoms. The number of hydrogen-bond acceptors (Lipinski definition) is 2. The quantitative estimate of drug-likeness (QED) is 0.688. The van der Waals surface area contributed by atoms with Crippen molar-refractivity contribution in [3.63, 3.8) is 0 Å². The summed E-state index contributed by atoms with van der Waals surface area (Å²) in [4.78, 5) is 0. The van der Waals surface area contributed by atoms with Crippen LogP contribution in [0.3, 0.4) is 0 Å². The maximum atomic E-state index is 9.18. The molecule has 2 nitrogen and oxygen atoms in total. The van der Waals surface area contributed by atoms with Gasteiger partial charge in [-0.05, 0) is 45.1 Å². The third-order valence-corrected chi connectivity index (χ3v) is 3.66. The molecule has 0 radical (unpaired) electrons. The Kier molecular flexibility index (Phi) is 6.26. The SMILES string of the molecule is CCC1CCCC(NCCC(C)O)CC1. The molecule has 90 valence electrons. The Morgan fingerprint density at radius 2 is 2.07 bits per heavy atom. The Labute approximate surface area is 94.5 Å². The summed E-state index contributed by atoms with van der Waals surface area (Å²) in [5, 5.41) is 12.8. The van der Waals surface area contributed by atoms with E-state index in [1.165, 1.54) is 38.5 Å². The highest BCUT2D eigenvalue weighted by Gasteiger charge is 2.16. The largest absolute Gasteiger partial charge is 0.393 e. The molecule has 0 amide bonds. The predicted molar refractivity (Wildman–Crippen MR) is 65.0 cm³/mol. The second kappa shape index (κ2) is 7.24. The zero-order chi connectivity index (χ0) is 11.1. The van der Waals surface area contributed by atoms with Gasteiger partial charge in [0.1, 0.15) is 0 Å². The molecular formula is C13H27NO. The third-order valence-electron chi connectivity index (χ3n) is 3.66. The highest BCUT2D eigenvalue weighted by molar-refractivity contribution is 4.74. The van der Waals surface area contributed by atoms with E-state index in [4.69, 9.17) is 0 Å². The topological polar surface area (TPSA) is 32.3 Å². The Morgan fingerprint density at radius 3 is 2.73 bits per heavy atom. The van der Waals surface area contributed by atoms with E-state index in [-0.39, 0.29) is 6.10 Å². The average Bonchev–Trinajstić information content (AvgIpc) is 2.42. The Morgan fingerprint density at radius 1 is 1.27 bits per heavy atom. The van der Waals surface area contributed by atoms with Crippen LogP contribution in [0.2, 0.25) is 0 Å². The molecule has 0 saturated heterocycles. The van der Waals surface area contributed by atoms with Crippen molar-refractivity contribution in [3.8, 4) is 0 Å². The molecule has 1 fully saturated rings. The van der Waals surface area contributed by atoms with E-state index >= 15 is 0 Å². The number of aliphatic hydroxyl groups excluding tert-OH is 1. The van der Waals surface area contributed by atoms with Gasteiger partial charge in [-0.15, -0.1) is 0 Å². The Hall–Kier alpha value is -0.0800. The predicted octanol–water partition coefficient (Wildman–Crippen LogP) is 2.71. The van der Waals surface area contributed by atoms with E-state index in [1.54, 1.807) is 0 Å². The second-order valence-electron chi connectivity index (χ2n) is 5.07. The van der Waals surface area contributed by atoms with Gasteiger partial charge in [-0.1, -0.05) is 26.2 Å². The van der Waals surface area contributed by atoms with Crippen LogP contribution in [0.25, 0.3) is 0 Å². The van der Waals surface area contributed by atoms with Crippen LogP contribution in [0, 0.1) is 5.92 Å². The molecule has 0 heterocycles. The minimum Gasteiger partial charge on any atom is -0.393 e. The van der Waals surface area contributed by atoms with Gasteiger partial charge >= 0.3 is 0 Å². The van der Waals surface area contributed by atoms with Crippen LogP contribution in [-0.4, -0.2) is 23.8 Å². The monoisotopic (exact) mass is 213 g/mol. The fraction of sp³-hybridized carbons (Fsp3) is 1.00. The first-order chi connectivity index (χ1) is 7.22. The third kappa shape index (κ3) is 5.53. The van der Waals surface area contributed by atoms with Crippen LogP contribution >= 0.6 is 0 Å². The van der Waals surface area contributed by atoms with E-state index in [2.05, 4.69) is 12.2 Å². The van der Waals surface area contributed by atoms with Crippen LogP contribution < -0.4 is 5.32 Å². The lowest BCUT2D eigenvalue weighted by Crippen LogP contribution is -2.30. The van der Waals surface area contributed by atoms with Crippen molar-refractivity contribution in [2.75, 3.05) is 6.54 Å². The van der Waals surface area contributed by atoms with Crippen molar-refractivity contribution in [2.24, 2.45) is 5.92 Å². The van der Waals surface area contributed by atoms with Crippen molar-refractivity contribution in [1.29, 1.82) is 0 Å². The summed E-state index contributed by atoms with van der Waals surface area (Å²) < 4.78 is 0. The van der Waals surface area contributed by atoms with Crippen LogP contribution in [0.5, 0.6) is 0 Å². The molecule has 0 spiro atoms. The molecule has 0 aromatic carbocycles. The highest BCUT2D eigenvalue weighted by atomic mass is 16.3. The standard InChI is InChI=1S/C13H27NO/c1-3-12-5-4-6-13(8-7-12)14-10-9-11(2)15/h11-15H,3-10H2,1-2H3. The molecule has 1 rings (SSSR count). The van der Waals surface area contributed by atoms with E-state index in [9.17, 15) is 5.11 Å². The molecule has 0 aromatic heterocycles. The smallest absolute Gasteiger partial charge is 0.0524 e. The van der Waals surface area contributed by atoms with E-state index in [1.807, 2.05) is 6.92 Å². The van der Waals surface area contributed by atoms with Crippen molar-refractivity contribution in [2.45, 2.75) is 70.9 Å². The van der Waals surface area contributed by atoms with Gasteiger partial charge in [0.25, 0.3) is 0 Å². The van der Waals surface area contributed by atoms with Crippen molar-refractivity contribution >= 4 is 0 Å². The highest BCUT2D eigenvalue weighted by Crippen LogP contribution is 2.25. The minimum absolute atomic E-state index is 0.160. The van der Waals surface area contributed by atoms with Gasteiger partial charge in [-0.2, -0.15) is 0 Å². The number of aliphatic hydroxyl groups is 1. The summed E-state index contributed by atoms with van der Waals surface area (Å²) in [7, 11) is 0. The van der Waals surface area contributed by atoms with Crippen LogP contribution in [0.4, 0.5) is 0 Å². The first-order valence-corrected chi connectivity index (χ1v) is 6.63. The number of rotatable bonds is 5. The van der Waals surface area contributed by atoms with Gasteiger partial charge < -0.3 is 10.4 Å².